The number of phenolic OH excluding ortho intramolecular Hbond substituents is 1. The van der Waals surface area contributed by atoms with Crippen LogP contribution in [0, 0.1) is 0 Å². The molecule has 0 bridgehead atoms. The Labute approximate surface area is 311 Å². The average Bonchev–Trinajstić information content (AvgIpc) is 3.08. The first-order chi connectivity index (χ1) is 23.9. The molecule has 0 spiro atoms. The molecule has 1 unspecified atom stereocenters. The van der Waals surface area contributed by atoms with Gasteiger partial charge in [0.1, 0.15) is 11.5 Å². The van der Waals surface area contributed by atoms with Crippen LogP contribution in [0.3, 0.4) is 0 Å². The molecule has 0 saturated carbocycles. The van der Waals surface area contributed by atoms with Gasteiger partial charge in [-0.15, -0.1) is 0 Å². The standard InChI is InChI=1S/C37H48Cl3N3O6S/c1-3-5-7-8-9-10-11-12-13-14-15-35(49-28-19-17-27(18-20-28)43-50(47,48)22-6-4-2)37(46)41-32-25-34(44)33(24-31(32)40)42-36(45)26-16-21-29(38)30(39)23-26/h16-21,23-25,35,43-44H,3-15,22H2,1-2H3,(H,41,46)(H,42,45). The number of benzene rings is 3. The molecule has 3 aromatic carbocycles. The molecule has 0 heterocycles. The van der Waals surface area contributed by atoms with E-state index in [1.54, 1.807) is 24.3 Å². The fourth-order valence-electron chi connectivity index (χ4n) is 5.19. The summed E-state index contributed by atoms with van der Waals surface area (Å²) in [4.78, 5) is 26.3. The molecule has 0 aromatic heterocycles. The minimum absolute atomic E-state index is 0.0333. The minimum Gasteiger partial charge on any atom is -0.506 e. The summed E-state index contributed by atoms with van der Waals surface area (Å²) in [6.07, 6.45) is 12.3. The predicted octanol–water partition coefficient (Wildman–Crippen LogP) is 10.8. The number of halogens is 3. The van der Waals surface area contributed by atoms with E-state index in [1.807, 2.05) is 6.92 Å². The number of ether oxygens (including phenoxy) is 1. The lowest BCUT2D eigenvalue weighted by Gasteiger charge is -2.20. The molecule has 13 heteroatoms. The van der Waals surface area contributed by atoms with E-state index >= 15 is 0 Å². The molecular weight excluding hydrogens is 721 g/mol. The number of carbonyl (C=O) groups excluding carboxylic acids is 2. The Morgan fingerprint density at radius 1 is 0.720 bits per heavy atom. The highest BCUT2D eigenvalue weighted by Crippen LogP contribution is 2.35. The number of phenols is 1. The Bertz CT molecular complexity index is 1650. The number of aromatic hydroxyl groups is 1. The topological polar surface area (TPSA) is 134 Å². The van der Waals surface area contributed by atoms with Crippen molar-refractivity contribution >= 4 is 73.7 Å². The first-order valence-corrected chi connectivity index (χ1v) is 20.1. The van der Waals surface area contributed by atoms with Crippen LogP contribution in [-0.4, -0.2) is 37.2 Å². The van der Waals surface area contributed by atoms with Crippen LogP contribution < -0.4 is 20.1 Å². The van der Waals surface area contributed by atoms with Gasteiger partial charge in [0, 0.05) is 17.3 Å². The van der Waals surface area contributed by atoms with E-state index in [4.69, 9.17) is 39.5 Å². The molecule has 1 atom stereocenters. The number of rotatable bonds is 22. The molecule has 4 N–H and O–H groups in total. The van der Waals surface area contributed by atoms with Crippen LogP contribution in [0.1, 0.15) is 108 Å². The molecule has 50 heavy (non-hydrogen) atoms. The van der Waals surface area contributed by atoms with Gasteiger partial charge in [-0.25, -0.2) is 8.42 Å². The van der Waals surface area contributed by atoms with E-state index in [0.717, 1.165) is 32.1 Å². The maximum absolute atomic E-state index is 13.6. The highest BCUT2D eigenvalue weighted by atomic mass is 35.5. The molecule has 2 amide bonds. The molecule has 0 aliphatic carbocycles. The molecular formula is C37H48Cl3N3O6S. The van der Waals surface area contributed by atoms with Crippen molar-refractivity contribution in [3.8, 4) is 11.5 Å². The number of carbonyl (C=O) groups is 2. The second kappa shape index (κ2) is 21.2. The number of unbranched alkanes of at least 4 members (excludes halogenated alkanes) is 10. The third kappa shape index (κ3) is 14.2. The molecule has 0 saturated heterocycles. The smallest absolute Gasteiger partial charge is 0.265 e. The molecule has 0 aliphatic rings. The zero-order chi connectivity index (χ0) is 36.5. The number of anilines is 3. The van der Waals surface area contributed by atoms with Crippen molar-refractivity contribution in [1.29, 1.82) is 0 Å². The van der Waals surface area contributed by atoms with Crippen molar-refractivity contribution in [2.75, 3.05) is 21.1 Å². The molecule has 3 rings (SSSR count). The largest absolute Gasteiger partial charge is 0.506 e. The molecule has 0 fully saturated rings. The number of hydrogen-bond donors (Lipinski definition) is 4. The predicted molar refractivity (Wildman–Crippen MR) is 206 cm³/mol. The van der Waals surface area contributed by atoms with Gasteiger partial charge in [-0.05, 0) is 67.8 Å². The van der Waals surface area contributed by atoms with E-state index in [0.29, 0.717) is 29.3 Å². The third-order valence-electron chi connectivity index (χ3n) is 8.06. The summed E-state index contributed by atoms with van der Waals surface area (Å²) in [5, 5.41) is 16.6. The summed E-state index contributed by atoms with van der Waals surface area (Å²) in [6, 6.07) is 13.4. The highest BCUT2D eigenvalue weighted by molar-refractivity contribution is 7.92. The van der Waals surface area contributed by atoms with Crippen LogP contribution in [0.2, 0.25) is 15.1 Å². The second-order valence-corrected chi connectivity index (χ2v) is 15.4. The van der Waals surface area contributed by atoms with Crippen molar-refractivity contribution in [1.82, 2.24) is 0 Å². The zero-order valence-corrected chi connectivity index (χ0v) is 31.8. The Hall–Kier alpha value is -3.18. The van der Waals surface area contributed by atoms with E-state index in [-0.39, 0.29) is 38.5 Å². The van der Waals surface area contributed by atoms with E-state index in [9.17, 15) is 23.1 Å². The maximum Gasteiger partial charge on any atom is 0.265 e. The number of amides is 2. The number of sulfonamides is 1. The van der Waals surface area contributed by atoms with Crippen LogP contribution in [0.25, 0.3) is 0 Å². The minimum atomic E-state index is -3.46. The fraction of sp³-hybridized carbons (Fsp3) is 0.459. The highest BCUT2D eigenvalue weighted by Gasteiger charge is 2.23. The van der Waals surface area contributed by atoms with Crippen molar-refractivity contribution in [3.63, 3.8) is 0 Å². The fourth-order valence-corrected chi connectivity index (χ4v) is 6.97. The Morgan fingerprint density at radius 2 is 1.34 bits per heavy atom. The van der Waals surface area contributed by atoms with Crippen LogP contribution in [0.5, 0.6) is 11.5 Å². The van der Waals surface area contributed by atoms with Gasteiger partial charge in [-0.3, -0.25) is 14.3 Å². The van der Waals surface area contributed by atoms with E-state index in [1.165, 1.54) is 68.9 Å². The second-order valence-electron chi connectivity index (χ2n) is 12.3. The summed E-state index contributed by atoms with van der Waals surface area (Å²) < 4.78 is 33.3. The van der Waals surface area contributed by atoms with Crippen LogP contribution >= 0.6 is 34.8 Å². The molecule has 3 aromatic rings. The normalized spacial score (nSPS) is 11.9. The summed E-state index contributed by atoms with van der Waals surface area (Å²) in [5.41, 5.74) is 0.793. The van der Waals surface area contributed by atoms with Crippen molar-refractivity contribution in [2.45, 2.75) is 103 Å². The van der Waals surface area contributed by atoms with Gasteiger partial charge in [0.2, 0.25) is 10.0 Å². The van der Waals surface area contributed by atoms with E-state index < -0.39 is 27.9 Å². The quantitative estimate of drug-likeness (QED) is 0.0594. The van der Waals surface area contributed by atoms with Gasteiger partial charge in [-0.1, -0.05) is 113 Å². The molecule has 274 valence electrons. The lowest BCUT2D eigenvalue weighted by atomic mass is 10.0. The van der Waals surface area contributed by atoms with Crippen LogP contribution in [0.4, 0.5) is 17.1 Å². The van der Waals surface area contributed by atoms with Gasteiger partial charge in [0.25, 0.3) is 11.8 Å². The maximum atomic E-state index is 13.6. The molecule has 0 radical (unpaired) electrons. The van der Waals surface area contributed by atoms with E-state index in [2.05, 4.69) is 22.3 Å². The van der Waals surface area contributed by atoms with Gasteiger partial charge in [0.05, 0.1) is 32.2 Å². The first-order valence-electron chi connectivity index (χ1n) is 17.3. The summed E-state index contributed by atoms with van der Waals surface area (Å²) in [7, 11) is -3.46. The Kier molecular flexibility index (Phi) is 17.5. The molecule has 0 aliphatic heterocycles. The summed E-state index contributed by atoms with van der Waals surface area (Å²) >= 11 is 18.5. The average molecular weight is 769 g/mol. The lowest BCUT2D eigenvalue weighted by molar-refractivity contribution is -0.123. The van der Waals surface area contributed by atoms with Gasteiger partial charge in [0.15, 0.2) is 6.10 Å². The number of nitrogens with one attached hydrogen (secondary N) is 3. The Balaban J connectivity index is 1.67. The van der Waals surface area contributed by atoms with Crippen molar-refractivity contribution < 1.29 is 27.9 Å². The zero-order valence-electron chi connectivity index (χ0n) is 28.7. The van der Waals surface area contributed by atoms with Crippen molar-refractivity contribution in [3.05, 3.63) is 75.2 Å². The first kappa shape index (κ1) is 41.2. The van der Waals surface area contributed by atoms with Crippen LogP contribution in [-0.2, 0) is 14.8 Å². The lowest BCUT2D eigenvalue weighted by Crippen LogP contribution is -2.33. The van der Waals surface area contributed by atoms with Gasteiger partial charge < -0.3 is 20.5 Å². The number of hydrogen-bond acceptors (Lipinski definition) is 6. The van der Waals surface area contributed by atoms with Crippen LogP contribution in [0.15, 0.2) is 54.6 Å². The monoisotopic (exact) mass is 767 g/mol. The van der Waals surface area contributed by atoms with Gasteiger partial charge in [-0.2, -0.15) is 0 Å². The SMILES string of the molecule is CCCCCCCCCCCCC(Oc1ccc(NS(=O)(=O)CCCC)cc1)C(=O)Nc1cc(O)c(NC(=O)c2ccc(Cl)c(Cl)c2)cc1Cl. The Morgan fingerprint density at radius 3 is 1.96 bits per heavy atom. The third-order valence-corrected chi connectivity index (χ3v) is 10.5. The summed E-state index contributed by atoms with van der Waals surface area (Å²) in [5.74, 6) is -0.910. The summed E-state index contributed by atoms with van der Waals surface area (Å²) in [6.45, 7) is 4.14. The molecule has 9 nitrogen and oxygen atoms in total. The van der Waals surface area contributed by atoms with Crippen molar-refractivity contribution in [2.24, 2.45) is 0 Å². The van der Waals surface area contributed by atoms with Gasteiger partial charge >= 0.3 is 0 Å².